The van der Waals surface area contributed by atoms with E-state index < -0.39 is 17.7 Å². The van der Waals surface area contributed by atoms with Crippen LogP contribution in [0.15, 0.2) is 67.3 Å². The summed E-state index contributed by atoms with van der Waals surface area (Å²) in [6, 6.07) is 9.64. The molecule has 1 aliphatic heterocycles. The van der Waals surface area contributed by atoms with Gasteiger partial charge in [-0.2, -0.15) is 0 Å². The molecule has 39 heavy (non-hydrogen) atoms. The van der Waals surface area contributed by atoms with Crippen LogP contribution >= 0.6 is 0 Å². The van der Waals surface area contributed by atoms with E-state index in [1.165, 1.54) is 12.0 Å². The van der Waals surface area contributed by atoms with Crippen molar-refractivity contribution in [3.05, 3.63) is 84.0 Å². The van der Waals surface area contributed by atoms with Crippen LogP contribution in [0.2, 0.25) is 0 Å². The fraction of sp³-hybridized carbons (Fsp3) is 0.355. The largest absolute Gasteiger partial charge is 0.507 e. The van der Waals surface area contributed by atoms with E-state index in [1.54, 1.807) is 48.6 Å². The molecular formula is C31H38N2O6. The highest BCUT2D eigenvalue weighted by Crippen LogP contribution is 2.42. The fourth-order valence-electron chi connectivity index (χ4n) is 4.66. The number of hydrogen-bond donors (Lipinski definition) is 1. The molecule has 1 saturated heterocycles. The number of ether oxygens (including phenoxy) is 3. The van der Waals surface area contributed by atoms with E-state index >= 15 is 0 Å². The molecule has 208 valence electrons. The standard InChI is InChI=1S/C31H38N2O6/c1-7-17-38-23-12-13-24(21(5)19-23)29(34)27-28(22-11-14-25(39-18-8-2)26(20-22)37-6)33(31(36)30(27)35)16-15-32(9-3)10-4/h7-8,11-14,19-20,28,34H,1-2,9-10,15-18H2,3-6H3/b29-27+. The van der Waals surface area contributed by atoms with Gasteiger partial charge in [-0.1, -0.05) is 45.2 Å². The number of aliphatic hydroxyl groups is 1. The number of Topliss-reactive ketones (excluding diaryl/α,β-unsaturated/α-hetero) is 1. The molecule has 8 heteroatoms. The lowest BCUT2D eigenvalue weighted by atomic mass is 9.93. The van der Waals surface area contributed by atoms with Crippen molar-refractivity contribution >= 4 is 17.4 Å². The zero-order valence-electron chi connectivity index (χ0n) is 23.2. The van der Waals surface area contributed by atoms with E-state index in [1.807, 2.05) is 20.8 Å². The average Bonchev–Trinajstić information content (AvgIpc) is 3.20. The number of rotatable bonds is 14. The molecule has 0 bridgehead atoms. The summed E-state index contributed by atoms with van der Waals surface area (Å²) in [7, 11) is 1.52. The Kier molecular flexibility index (Phi) is 10.3. The number of hydrogen-bond acceptors (Lipinski definition) is 7. The van der Waals surface area contributed by atoms with Crippen molar-refractivity contribution in [3.8, 4) is 17.2 Å². The molecule has 1 amide bonds. The Morgan fingerprint density at radius 2 is 1.72 bits per heavy atom. The van der Waals surface area contributed by atoms with E-state index in [2.05, 4.69) is 18.1 Å². The maximum absolute atomic E-state index is 13.5. The third kappa shape index (κ3) is 6.52. The van der Waals surface area contributed by atoms with Gasteiger partial charge in [0, 0.05) is 18.7 Å². The van der Waals surface area contributed by atoms with Crippen molar-refractivity contribution in [3.63, 3.8) is 0 Å². The van der Waals surface area contributed by atoms with Crippen molar-refractivity contribution < 1.29 is 28.9 Å². The lowest BCUT2D eigenvalue weighted by Crippen LogP contribution is -2.38. The summed E-state index contributed by atoms with van der Waals surface area (Å²) >= 11 is 0. The first-order valence-corrected chi connectivity index (χ1v) is 13.1. The van der Waals surface area contributed by atoms with Gasteiger partial charge in [0.15, 0.2) is 11.5 Å². The van der Waals surface area contributed by atoms with Gasteiger partial charge in [-0.25, -0.2) is 0 Å². The first-order chi connectivity index (χ1) is 18.8. The smallest absolute Gasteiger partial charge is 0.295 e. The third-order valence-corrected chi connectivity index (χ3v) is 6.77. The SMILES string of the molecule is C=CCOc1ccc(/C(O)=C2\C(=O)C(=O)N(CCN(CC)CC)C2c2ccc(OCC=C)c(OC)c2)c(C)c1. The van der Waals surface area contributed by atoms with Gasteiger partial charge in [0.1, 0.15) is 24.7 Å². The summed E-state index contributed by atoms with van der Waals surface area (Å²) in [6.45, 7) is 16.4. The summed E-state index contributed by atoms with van der Waals surface area (Å²) in [5, 5.41) is 11.5. The van der Waals surface area contributed by atoms with Crippen molar-refractivity contribution in [1.29, 1.82) is 0 Å². The van der Waals surface area contributed by atoms with E-state index in [-0.39, 0.29) is 11.3 Å². The molecule has 0 aromatic heterocycles. The highest BCUT2D eigenvalue weighted by atomic mass is 16.5. The molecule has 2 aromatic rings. The van der Waals surface area contributed by atoms with Crippen molar-refractivity contribution in [2.75, 3.05) is 46.5 Å². The van der Waals surface area contributed by atoms with Crippen LogP contribution in [0.4, 0.5) is 0 Å². The first-order valence-electron chi connectivity index (χ1n) is 13.1. The molecule has 1 aliphatic rings. The van der Waals surface area contributed by atoms with Crippen LogP contribution in [-0.2, 0) is 9.59 Å². The van der Waals surface area contributed by atoms with Gasteiger partial charge in [0.25, 0.3) is 11.7 Å². The summed E-state index contributed by atoms with van der Waals surface area (Å²) < 4.78 is 16.8. The van der Waals surface area contributed by atoms with Gasteiger partial charge in [0.05, 0.1) is 18.7 Å². The topological polar surface area (TPSA) is 88.5 Å². The Morgan fingerprint density at radius 1 is 1.03 bits per heavy atom. The molecule has 1 unspecified atom stereocenters. The van der Waals surface area contributed by atoms with Crippen molar-refractivity contribution in [1.82, 2.24) is 9.80 Å². The number of likely N-dealkylation sites (tertiary alicyclic amines) is 1. The van der Waals surface area contributed by atoms with Gasteiger partial charge in [-0.3, -0.25) is 9.59 Å². The maximum Gasteiger partial charge on any atom is 0.295 e. The molecular weight excluding hydrogens is 496 g/mol. The number of benzene rings is 2. The quantitative estimate of drug-likeness (QED) is 0.160. The Morgan fingerprint density at radius 3 is 2.33 bits per heavy atom. The van der Waals surface area contributed by atoms with Crippen LogP contribution in [0.1, 0.15) is 36.6 Å². The van der Waals surface area contributed by atoms with Crippen LogP contribution in [0.3, 0.4) is 0 Å². The van der Waals surface area contributed by atoms with Gasteiger partial charge >= 0.3 is 0 Å². The summed E-state index contributed by atoms with van der Waals surface area (Å²) in [5.74, 6) is -0.0455. The Bertz CT molecular complexity index is 1250. The number of methoxy groups -OCH3 is 1. The number of ketones is 1. The van der Waals surface area contributed by atoms with E-state index in [0.717, 1.165) is 13.1 Å². The maximum atomic E-state index is 13.5. The van der Waals surface area contributed by atoms with Gasteiger partial charge in [0.2, 0.25) is 0 Å². The minimum atomic E-state index is -0.806. The molecule has 8 nitrogen and oxygen atoms in total. The second kappa shape index (κ2) is 13.7. The van der Waals surface area contributed by atoms with E-state index in [4.69, 9.17) is 14.2 Å². The Balaban J connectivity index is 2.14. The minimum Gasteiger partial charge on any atom is -0.507 e. The number of carbonyl (C=O) groups excluding carboxylic acids is 2. The summed E-state index contributed by atoms with van der Waals surface area (Å²) in [4.78, 5) is 30.5. The number of amides is 1. The number of aryl methyl sites for hydroxylation is 1. The molecule has 0 radical (unpaired) electrons. The highest BCUT2D eigenvalue weighted by Gasteiger charge is 2.46. The molecule has 0 aliphatic carbocycles. The lowest BCUT2D eigenvalue weighted by Gasteiger charge is -2.28. The van der Waals surface area contributed by atoms with Gasteiger partial charge in [-0.15, -0.1) is 0 Å². The predicted octanol–water partition coefficient (Wildman–Crippen LogP) is 4.90. The van der Waals surface area contributed by atoms with Gasteiger partial charge in [-0.05, 0) is 61.5 Å². The molecule has 1 N–H and O–H groups in total. The minimum absolute atomic E-state index is 0.0317. The number of carbonyl (C=O) groups is 2. The second-order valence-corrected chi connectivity index (χ2v) is 9.11. The molecule has 2 aromatic carbocycles. The normalized spacial score (nSPS) is 16.4. The van der Waals surface area contributed by atoms with Crippen LogP contribution in [-0.4, -0.2) is 73.1 Å². The van der Waals surface area contributed by atoms with Crippen LogP contribution in [0, 0.1) is 6.92 Å². The Labute approximate surface area is 230 Å². The molecule has 1 heterocycles. The lowest BCUT2D eigenvalue weighted by molar-refractivity contribution is -0.140. The predicted molar refractivity (Wildman–Crippen MR) is 152 cm³/mol. The van der Waals surface area contributed by atoms with Crippen LogP contribution in [0.25, 0.3) is 5.76 Å². The van der Waals surface area contributed by atoms with E-state index in [0.29, 0.717) is 60.2 Å². The summed E-state index contributed by atoms with van der Waals surface area (Å²) in [6.07, 6.45) is 3.27. The van der Waals surface area contributed by atoms with Crippen molar-refractivity contribution in [2.45, 2.75) is 26.8 Å². The number of likely N-dealkylation sites (N-methyl/N-ethyl adjacent to an activating group) is 1. The summed E-state index contributed by atoms with van der Waals surface area (Å²) in [5.41, 5.74) is 1.81. The zero-order valence-corrected chi connectivity index (χ0v) is 23.2. The average molecular weight is 535 g/mol. The van der Waals surface area contributed by atoms with Crippen LogP contribution in [0.5, 0.6) is 17.2 Å². The number of aliphatic hydroxyl groups excluding tert-OH is 1. The molecule has 1 atom stereocenters. The monoisotopic (exact) mass is 534 g/mol. The second-order valence-electron chi connectivity index (χ2n) is 9.11. The fourth-order valence-corrected chi connectivity index (χ4v) is 4.66. The van der Waals surface area contributed by atoms with E-state index in [9.17, 15) is 14.7 Å². The molecule has 1 fully saturated rings. The first kappa shape index (κ1) is 29.5. The third-order valence-electron chi connectivity index (χ3n) is 6.77. The highest BCUT2D eigenvalue weighted by molar-refractivity contribution is 6.46. The van der Waals surface area contributed by atoms with Crippen molar-refractivity contribution in [2.24, 2.45) is 0 Å². The van der Waals surface area contributed by atoms with Crippen LogP contribution < -0.4 is 14.2 Å². The number of nitrogens with zero attached hydrogens (tertiary/aromatic N) is 2. The molecule has 0 spiro atoms. The van der Waals surface area contributed by atoms with Gasteiger partial charge < -0.3 is 29.1 Å². The Hall–Kier alpha value is -4.04. The zero-order chi connectivity index (χ0) is 28.5. The molecule has 3 rings (SSSR count). The molecule has 0 saturated carbocycles.